The first-order valence-corrected chi connectivity index (χ1v) is 12.8. The number of halogens is 5. The molecular formula is C25H30F5N7O3. The largest absolute Gasteiger partial charge is 0.389 e. The van der Waals surface area contributed by atoms with Crippen molar-refractivity contribution in [2.24, 2.45) is 5.92 Å². The van der Waals surface area contributed by atoms with Crippen LogP contribution in [0.4, 0.5) is 22.0 Å². The lowest BCUT2D eigenvalue weighted by Crippen LogP contribution is -2.38. The average molecular weight is 572 g/mol. The molecule has 40 heavy (non-hydrogen) atoms. The van der Waals surface area contributed by atoms with Crippen LogP contribution in [0.1, 0.15) is 92.4 Å². The number of rotatable bonds is 9. The van der Waals surface area contributed by atoms with Crippen LogP contribution in [0.2, 0.25) is 0 Å². The summed E-state index contributed by atoms with van der Waals surface area (Å²) in [6, 6.07) is 0.594. The van der Waals surface area contributed by atoms with Gasteiger partial charge < -0.3 is 20.3 Å². The highest BCUT2D eigenvalue weighted by atomic mass is 19.4. The lowest BCUT2D eigenvalue weighted by atomic mass is 9.81. The van der Waals surface area contributed by atoms with Gasteiger partial charge in [-0.2, -0.15) is 18.3 Å². The number of aliphatic hydroxyl groups excluding tert-OH is 1. The second kappa shape index (κ2) is 11.5. The number of fused-ring (bicyclic) bond motifs is 1. The van der Waals surface area contributed by atoms with E-state index in [1.54, 1.807) is 4.57 Å². The minimum absolute atomic E-state index is 0.0479. The highest BCUT2D eigenvalue weighted by Gasteiger charge is 2.39. The SMILES string of the molecule is CC(C)n1cncc1C(=O)N[C@H](c1cn2ncc([C@@H](O)NC(=O)CCC(F)(F)F)cc2n1)C1CCC(F)(F)CC1. The van der Waals surface area contributed by atoms with Gasteiger partial charge in [0, 0.05) is 30.9 Å². The van der Waals surface area contributed by atoms with E-state index < -0.39 is 49.0 Å². The molecule has 3 N–H and O–H groups in total. The molecule has 10 nitrogen and oxygen atoms in total. The van der Waals surface area contributed by atoms with Crippen LogP contribution in [0.15, 0.2) is 31.0 Å². The van der Waals surface area contributed by atoms with Crippen LogP contribution in [0, 0.1) is 5.92 Å². The number of carbonyl (C=O) groups is 2. The third-order valence-corrected chi connectivity index (χ3v) is 6.90. The van der Waals surface area contributed by atoms with E-state index in [2.05, 4.69) is 25.7 Å². The monoisotopic (exact) mass is 571 g/mol. The number of hydrogen-bond acceptors (Lipinski definition) is 6. The molecule has 1 aliphatic carbocycles. The minimum Gasteiger partial charge on any atom is -0.369 e. The molecule has 2 amide bonds. The van der Waals surface area contributed by atoms with Crippen molar-refractivity contribution in [1.82, 2.24) is 34.8 Å². The van der Waals surface area contributed by atoms with Gasteiger partial charge in [0.2, 0.25) is 11.8 Å². The van der Waals surface area contributed by atoms with Crippen molar-refractivity contribution in [1.29, 1.82) is 0 Å². The fourth-order valence-corrected chi connectivity index (χ4v) is 4.71. The molecule has 0 saturated heterocycles. The second-order valence-electron chi connectivity index (χ2n) is 10.3. The Hall–Kier alpha value is -3.62. The van der Waals surface area contributed by atoms with Crippen LogP contribution in [0.25, 0.3) is 5.65 Å². The van der Waals surface area contributed by atoms with Crippen LogP contribution in [0.5, 0.6) is 0 Å². The van der Waals surface area contributed by atoms with E-state index in [0.717, 1.165) is 0 Å². The van der Waals surface area contributed by atoms with Crippen LogP contribution in [0.3, 0.4) is 0 Å². The summed E-state index contributed by atoms with van der Waals surface area (Å²) in [5.41, 5.74) is 0.940. The first-order valence-electron chi connectivity index (χ1n) is 12.8. The summed E-state index contributed by atoms with van der Waals surface area (Å²) in [6.07, 6.45) is -2.99. The number of amides is 2. The predicted octanol–water partition coefficient (Wildman–Crippen LogP) is 4.25. The predicted molar refractivity (Wildman–Crippen MR) is 131 cm³/mol. The highest BCUT2D eigenvalue weighted by Crippen LogP contribution is 2.41. The normalized spacial score (nSPS) is 17.6. The van der Waals surface area contributed by atoms with Gasteiger partial charge in [-0.1, -0.05) is 0 Å². The smallest absolute Gasteiger partial charge is 0.369 e. The van der Waals surface area contributed by atoms with Gasteiger partial charge in [-0.3, -0.25) is 9.59 Å². The van der Waals surface area contributed by atoms with Crippen molar-refractivity contribution < 1.29 is 36.6 Å². The molecule has 3 aromatic heterocycles. The number of carbonyl (C=O) groups excluding carboxylic acids is 2. The van der Waals surface area contributed by atoms with Gasteiger partial charge in [-0.05, 0) is 38.7 Å². The standard InChI is InChI=1S/C25H30F5N7O3/c1-14(2)36-13-31-11-18(36)23(40)35-21(15-3-6-24(26,27)7-4-15)17-12-37-19(33-17)9-16(10-32-37)22(39)34-20(38)5-8-25(28,29)30/h9-15,21-22,39H,3-8H2,1-2H3,(H,34,38)(H,35,40)/t21-,22+/m0/s1. The molecule has 3 aromatic rings. The summed E-state index contributed by atoms with van der Waals surface area (Å²) in [5.74, 6) is -4.57. The van der Waals surface area contributed by atoms with Crippen molar-refractivity contribution in [3.63, 3.8) is 0 Å². The molecule has 1 saturated carbocycles. The minimum atomic E-state index is -4.51. The van der Waals surface area contributed by atoms with E-state index in [0.29, 0.717) is 11.4 Å². The third-order valence-electron chi connectivity index (χ3n) is 6.90. The number of nitrogens with one attached hydrogen (secondary N) is 2. The quantitative estimate of drug-likeness (QED) is 0.260. The number of imidazole rings is 2. The molecule has 0 unspecified atom stereocenters. The zero-order chi connectivity index (χ0) is 29.2. The summed E-state index contributed by atoms with van der Waals surface area (Å²) in [5, 5.41) is 19.5. The van der Waals surface area contributed by atoms with Crippen LogP contribution in [-0.4, -0.2) is 53.2 Å². The van der Waals surface area contributed by atoms with E-state index in [1.807, 2.05) is 13.8 Å². The van der Waals surface area contributed by atoms with Crippen molar-refractivity contribution in [2.45, 2.75) is 82.8 Å². The lowest BCUT2D eigenvalue weighted by Gasteiger charge is -2.33. The van der Waals surface area contributed by atoms with E-state index in [4.69, 9.17) is 0 Å². The van der Waals surface area contributed by atoms with Gasteiger partial charge in [0.1, 0.15) is 5.69 Å². The molecule has 0 radical (unpaired) electrons. The van der Waals surface area contributed by atoms with Gasteiger partial charge in [0.05, 0.1) is 43.1 Å². The topological polar surface area (TPSA) is 126 Å². The number of hydrogen-bond donors (Lipinski definition) is 3. The Morgan fingerprint density at radius 2 is 1.88 bits per heavy atom. The number of aromatic nitrogens is 5. The Labute approximate surface area is 226 Å². The van der Waals surface area contributed by atoms with Crippen molar-refractivity contribution in [3.8, 4) is 0 Å². The van der Waals surface area contributed by atoms with E-state index >= 15 is 0 Å². The van der Waals surface area contributed by atoms with Crippen LogP contribution < -0.4 is 10.6 Å². The number of aliphatic hydroxyl groups is 1. The van der Waals surface area contributed by atoms with Crippen molar-refractivity contribution in [3.05, 3.63) is 47.9 Å². The fraction of sp³-hybridized carbons (Fsp3) is 0.560. The lowest BCUT2D eigenvalue weighted by molar-refractivity contribution is -0.145. The molecular weight excluding hydrogens is 541 g/mol. The van der Waals surface area contributed by atoms with Crippen LogP contribution >= 0.6 is 0 Å². The number of alkyl halides is 5. The molecule has 1 aliphatic rings. The molecule has 4 rings (SSSR count). The molecule has 218 valence electrons. The van der Waals surface area contributed by atoms with Crippen LogP contribution in [-0.2, 0) is 4.79 Å². The Bertz CT molecular complexity index is 1340. The second-order valence-corrected chi connectivity index (χ2v) is 10.3. The molecule has 15 heteroatoms. The van der Waals surface area contributed by atoms with Gasteiger partial charge in [0.15, 0.2) is 11.9 Å². The zero-order valence-corrected chi connectivity index (χ0v) is 21.8. The third kappa shape index (κ3) is 7.11. The fourth-order valence-electron chi connectivity index (χ4n) is 4.71. The summed E-state index contributed by atoms with van der Waals surface area (Å²) in [7, 11) is 0. The number of nitrogens with zero attached hydrogens (tertiary/aromatic N) is 5. The molecule has 0 aliphatic heterocycles. The van der Waals surface area contributed by atoms with E-state index in [1.165, 1.54) is 35.5 Å². The molecule has 2 atom stereocenters. The summed E-state index contributed by atoms with van der Waals surface area (Å²) < 4.78 is 68.0. The molecule has 3 heterocycles. The average Bonchev–Trinajstić information content (AvgIpc) is 3.53. The maximum Gasteiger partial charge on any atom is 0.389 e. The Kier molecular flexibility index (Phi) is 8.42. The van der Waals surface area contributed by atoms with E-state index in [-0.39, 0.29) is 48.9 Å². The van der Waals surface area contributed by atoms with E-state index in [9.17, 15) is 36.6 Å². The van der Waals surface area contributed by atoms with Gasteiger partial charge >= 0.3 is 6.18 Å². The van der Waals surface area contributed by atoms with Gasteiger partial charge in [-0.25, -0.2) is 23.3 Å². The Balaban J connectivity index is 1.57. The Morgan fingerprint density at radius 1 is 1.18 bits per heavy atom. The summed E-state index contributed by atoms with van der Waals surface area (Å²) in [4.78, 5) is 33.6. The summed E-state index contributed by atoms with van der Waals surface area (Å²) >= 11 is 0. The first-order chi connectivity index (χ1) is 18.7. The van der Waals surface area contributed by atoms with Gasteiger partial charge in [-0.15, -0.1) is 0 Å². The first kappa shape index (κ1) is 29.4. The molecule has 0 aromatic carbocycles. The zero-order valence-electron chi connectivity index (χ0n) is 21.8. The molecule has 0 spiro atoms. The molecule has 0 bridgehead atoms. The molecule has 1 fully saturated rings. The Morgan fingerprint density at radius 3 is 2.52 bits per heavy atom. The van der Waals surface area contributed by atoms with Crippen molar-refractivity contribution >= 4 is 17.5 Å². The highest BCUT2D eigenvalue weighted by molar-refractivity contribution is 5.92. The van der Waals surface area contributed by atoms with Gasteiger partial charge in [0.25, 0.3) is 5.91 Å². The maximum absolute atomic E-state index is 13.9. The summed E-state index contributed by atoms with van der Waals surface area (Å²) in [6.45, 7) is 3.77. The maximum atomic E-state index is 13.9. The van der Waals surface area contributed by atoms with Crippen molar-refractivity contribution in [2.75, 3.05) is 0 Å².